The Morgan fingerprint density at radius 3 is 2.53 bits per heavy atom. The molecule has 0 aliphatic heterocycles. The quantitative estimate of drug-likeness (QED) is 0.888. The fourth-order valence-electron chi connectivity index (χ4n) is 1.88. The van der Waals surface area contributed by atoms with Crippen LogP contribution in [0.4, 0.5) is 0 Å². The van der Waals surface area contributed by atoms with Crippen molar-refractivity contribution in [1.29, 1.82) is 0 Å². The molecule has 0 fully saturated rings. The maximum Gasteiger partial charge on any atom is 0.119 e. The maximum absolute atomic E-state index is 6.27. The van der Waals surface area contributed by atoms with Crippen LogP contribution < -0.4 is 10.5 Å². The molecule has 1 atom stereocenters. The third-order valence-corrected chi connectivity index (χ3v) is 3.17. The van der Waals surface area contributed by atoms with Crippen LogP contribution in [-0.2, 0) is 0 Å². The van der Waals surface area contributed by atoms with E-state index in [1.165, 1.54) is 0 Å². The largest absolute Gasteiger partial charge is 0.494 e. The lowest BCUT2D eigenvalue weighted by molar-refractivity contribution is 0.317. The average molecular weight is 276 g/mol. The smallest absolute Gasteiger partial charge is 0.119 e. The van der Waals surface area contributed by atoms with E-state index in [-0.39, 0.29) is 6.04 Å². The molecular weight excluding hydrogens is 258 g/mol. The van der Waals surface area contributed by atoms with Crippen LogP contribution in [-0.4, -0.2) is 6.61 Å². The van der Waals surface area contributed by atoms with Crippen molar-refractivity contribution in [2.24, 2.45) is 5.73 Å². The Bertz CT molecular complexity index is 525. The van der Waals surface area contributed by atoms with E-state index >= 15 is 0 Å². The van der Waals surface area contributed by atoms with Crippen molar-refractivity contribution in [2.45, 2.75) is 19.4 Å². The molecule has 0 aliphatic carbocycles. The zero-order valence-corrected chi connectivity index (χ0v) is 11.7. The molecule has 2 N–H and O–H groups in total. The maximum atomic E-state index is 6.27. The fourth-order valence-corrected chi connectivity index (χ4v) is 2.01. The zero-order valence-electron chi connectivity index (χ0n) is 11.0. The van der Waals surface area contributed by atoms with Crippen molar-refractivity contribution in [3.8, 4) is 5.75 Å². The first-order valence-electron chi connectivity index (χ1n) is 6.44. The van der Waals surface area contributed by atoms with Crippen LogP contribution in [0.1, 0.15) is 30.5 Å². The first-order chi connectivity index (χ1) is 9.20. The molecule has 100 valence electrons. The minimum atomic E-state index is -0.164. The van der Waals surface area contributed by atoms with E-state index in [0.717, 1.165) is 34.9 Å². The SMILES string of the molecule is CCCOc1cccc(C(N)c2ccc(Cl)cc2)c1. The lowest BCUT2D eigenvalue weighted by Gasteiger charge is -2.14. The van der Waals surface area contributed by atoms with Crippen LogP contribution in [0.2, 0.25) is 5.02 Å². The standard InChI is InChI=1S/C16H18ClNO/c1-2-10-19-15-5-3-4-13(11-15)16(18)12-6-8-14(17)9-7-12/h3-9,11,16H,2,10,18H2,1H3. The molecule has 2 aromatic carbocycles. The van der Waals surface area contributed by atoms with Crippen LogP contribution in [0.15, 0.2) is 48.5 Å². The molecular formula is C16H18ClNO. The van der Waals surface area contributed by atoms with Crippen LogP contribution in [0.5, 0.6) is 5.75 Å². The molecule has 2 rings (SSSR count). The summed E-state index contributed by atoms with van der Waals surface area (Å²) in [4.78, 5) is 0. The summed E-state index contributed by atoms with van der Waals surface area (Å²) in [6.07, 6.45) is 0.994. The number of ether oxygens (including phenoxy) is 1. The van der Waals surface area contributed by atoms with Gasteiger partial charge in [-0.15, -0.1) is 0 Å². The average Bonchev–Trinajstić information content (AvgIpc) is 2.45. The molecule has 0 amide bonds. The lowest BCUT2D eigenvalue weighted by atomic mass is 9.99. The molecule has 0 bridgehead atoms. The predicted octanol–water partition coefficient (Wildman–Crippen LogP) is 4.18. The van der Waals surface area contributed by atoms with E-state index in [0.29, 0.717) is 0 Å². The first kappa shape index (κ1) is 13.9. The molecule has 0 aliphatic rings. The summed E-state index contributed by atoms with van der Waals surface area (Å²) >= 11 is 5.88. The Hall–Kier alpha value is -1.51. The van der Waals surface area contributed by atoms with Gasteiger partial charge < -0.3 is 10.5 Å². The van der Waals surface area contributed by atoms with E-state index in [4.69, 9.17) is 22.1 Å². The normalized spacial score (nSPS) is 12.2. The van der Waals surface area contributed by atoms with Crippen molar-refractivity contribution in [2.75, 3.05) is 6.61 Å². The third-order valence-electron chi connectivity index (χ3n) is 2.92. The number of halogens is 1. The number of nitrogens with two attached hydrogens (primary N) is 1. The highest BCUT2D eigenvalue weighted by atomic mass is 35.5. The van der Waals surface area contributed by atoms with Crippen molar-refractivity contribution in [3.63, 3.8) is 0 Å². The van der Waals surface area contributed by atoms with Crippen LogP contribution >= 0.6 is 11.6 Å². The van der Waals surface area contributed by atoms with E-state index in [9.17, 15) is 0 Å². The number of rotatable bonds is 5. The predicted molar refractivity (Wildman–Crippen MR) is 79.7 cm³/mol. The van der Waals surface area contributed by atoms with Gasteiger partial charge in [0.1, 0.15) is 5.75 Å². The van der Waals surface area contributed by atoms with Gasteiger partial charge in [0.05, 0.1) is 12.6 Å². The Morgan fingerprint density at radius 1 is 1.11 bits per heavy atom. The molecule has 2 aromatic rings. The molecule has 0 aromatic heterocycles. The summed E-state index contributed by atoms with van der Waals surface area (Å²) < 4.78 is 5.62. The van der Waals surface area contributed by atoms with Crippen molar-refractivity contribution in [1.82, 2.24) is 0 Å². The molecule has 0 saturated carbocycles. The summed E-state index contributed by atoms with van der Waals surface area (Å²) in [5, 5.41) is 0.718. The van der Waals surface area contributed by atoms with Crippen LogP contribution in [0, 0.1) is 0 Å². The van der Waals surface area contributed by atoms with E-state index in [1.807, 2.05) is 48.5 Å². The monoisotopic (exact) mass is 275 g/mol. The summed E-state index contributed by atoms with van der Waals surface area (Å²) in [5.41, 5.74) is 8.34. The second-order valence-corrected chi connectivity index (χ2v) is 4.89. The first-order valence-corrected chi connectivity index (χ1v) is 6.82. The molecule has 19 heavy (non-hydrogen) atoms. The minimum absolute atomic E-state index is 0.164. The Morgan fingerprint density at radius 2 is 1.84 bits per heavy atom. The molecule has 2 nitrogen and oxygen atoms in total. The van der Waals surface area contributed by atoms with Gasteiger partial charge in [0, 0.05) is 5.02 Å². The lowest BCUT2D eigenvalue weighted by Crippen LogP contribution is -2.11. The summed E-state index contributed by atoms with van der Waals surface area (Å²) in [7, 11) is 0. The second kappa shape index (κ2) is 6.60. The minimum Gasteiger partial charge on any atom is -0.494 e. The third kappa shape index (κ3) is 3.72. The Kier molecular flexibility index (Phi) is 4.83. The van der Waals surface area contributed by atoms with Crippen LogP contribution in [0.25, 0.3) is 0 Å². The fraction of sp³-hybridized carbons (Fsp3) is 0.250. The van der Waals surface area contributed by atoms with Crippen molar-refractivity contribution < 1.29 is 4.74 Å². The Balaban J connectivity index is 2.18. The second-order valence-electron chi connectivity index (χ2n) is 4.45. The van der Waals surface area contributed by atoms with Gasteiger partial charge in [-0.05, 0) is 41.8 Å². The molecule has 0 radical (unpaired) electrons. The van der Waals surface area contributed by atoms with Gasteiger partial charge in [-0.1, -0.05) is 42.8 Å². The van der Waals surface area contributed by atoms with Gasteiger partial charge in [0.15, 0.2) is 0 Å². The van der Waals surface area contributed by atoms with E-state index in [1.54, 1.807) is 0 Å². The summed E-state index contributed by atoms with van der Waals surface area (Å²) in [6, 6.07) is 15.4. The van der Waals surface area contributed by atoms with Gasteiger partial charge >= 0.3 is 0 Å². The molecule has 1 unspecified atom stereocenters. The highest BCUT2D eigenvalue weighted by Gasteiger charge is 2.09. The van der Waals surface area contributed by atoms with Gasteiger partial charge in [0.2, 0.25) is 0 Å². The van der Waals surface area contributed by atoms with Crippen molar-refractivity contribution >= 4 is 11.6 Å². The molecule has 0 heterocycles. The highest BCUT2D eigenvalue weighted by Crippen LogP contribution is 2.24. The highest BCUT2D eigenvalue weighted by molar-refractivity contribution is 6.30. The molecule has 3 heteroatoms. The van der Waals surface area contributed by atoms with Gasteiger partial charge in [0.25, 0.3) is 0 Å². The molecule has 0 spiro atoms. The molecule has 0 saturated heterocycles. The van der Waals surface area contributed by atoms with Gasteiger partial charge in [-0.3, -0.25) is 0 Å². The zero-order chi connectivity index (χ0) is 13.7. The van der Waals surface area contributed by atoms with Gasteiger partial charge in [-0.2, -0.15) is 0 Å². The van der Waals surface area contributed by atoms with E-state index < -0.39 is 0 Å². The van der Waals surface area contributed by atoms with E-state index in [2.05, 4.69) is 6.92 Å². The van der Waals surface area contributed by atoms with Gasteiger partial charge in [-0.25, -0.2) is 0 Å². The van der Waals surface area contributed by atoms with Crippen molar-refractivity contribution in [3.05, 3.63) is 64.7 Å². The number of hydrogen-bond acceptors (Lipinski definition) is 2. The summed E-state index contributed by atoms with van der Waals surface area (Å²) in [6.45, 7) is 2.81. The summed E-state index contributed by atoms with van der Waals surface area (Å²) in [5.74, 6) is 0.865. The Labute approximate surface area is 119 Å². The van der Waals surface area contributed by atoms with Crippen LogP contribution in [0.3, 0.4) is 0 Å². The topological polar surface area (TPSA) is 35.2 Å². The number of hydrogen-bond donors (Lipinski definition) is 1. The number of benzene rings is 2.